The second-order valence-electron chi connectivity index (χ2n) is 16.5. The van der Waals surface area contributed by atoms with E-state index in [0.717, 1.165) is 5.76 Å². The standard InChI is InChI=1S/C8H13N.C8H12O.C8H12S.C7H11N.C7H10O.C7H10S/c3*1-8(2,3)7-4-5-9-6-7;3*1-6(2)7-4-3-5-8-7/h4-6,9H,1-3H3;2*4-6H,1-3H3;3-6,8H,1-2H3;2*3-6H,1-2H3. The lowest BCUT2D eigenvalue weighted by Gasteiger charge is -2.15. The van der Waals surface area contributed by atoms with Crippen LogP contribution in [0.5, 0.6) is 0 Å². The predicted octanol–water partition coefficient (Wildman–Crippen LogP) is 15.3. The van der Waals surface area contributed by atoms with E-state index in [9.17, 15) is 0 Å². The van der Waals surface area contributed by atoms with Crippen LogP contribution < -0.4 is 0 Å². The van der Waals surface area contributed by atoms with Crippen LogP contribution in [0.2, 0.25) is 0 Å². The van der Waals surface area contributed by atoms with Gasteiger partial charge in [0.2, 0.25) is 0 Å². The summed E-state index contributed by atoms with van der Waals surface area (Å²) in [6.07, 6.45) is 11.2. The molecule has 6 heterocycles. The monoisotopic (exact) mass is 732 g/mol. The number of furan rings is 2. The summed E-state index contributed by atoms with van der Waals surface area (Å²) >= 11 is 3.60. The average molecular weight is 733 g/mol. The van der Waals surface area contributed by atoms with E-state index >= 15 is 0 Å². The Labute approximate surface area is 319 Å². The minimum atomic E-state index is 0.229. The Kier molecular flexibility index (Phi) is 20.1. The van der Waals surface area contributed by atoms with E-state index in [4.69, 9.17) is 8.83 Å². The van der Waals surface area contributed by atoms with Gasteiger partial charge in [-0.25, -0.2) is 0 Å². The Morgan fingerprint density at radius 1 is 0.588 bits per heavy atom. The first-order chi connectivity index (χ1) is 23.7. The van der Waals surface area contributed by atoms with Gasteiger partial charge in [0, 0.05) is 35.1 Å². The zero-order valence-electron chi connectivity index (χ0n) is 34.3. The first kappa shape index (κ1) is 45.5. The maximum Gasteiger partial charge on any atom is 0.106 e. The number of hydrogen-bond acceptors (Lipinski definition) is 4. The number of rotatable bonds is 3. The number of aromatic amines is 2. The highest BCUT2D eigenvalue weighted by atomic mass is 32.1. The number of thiophene rings is 2. The molecular formula is C45H68N2O2S2. The molecule has 4 nitrogen and oxygen atoms in total. The molecule has 6 rings (SSSR count). The highest BCUT2D eigenvalue weighted by Gasteiger charge is 2.14. The van der Waals surface area contributed by atoms with Gasteiger partial charge in [-0.05, 0) is 109 Å². The maximum atomic E-state index is 5.09. The molecule has 6 aromatic heterocycles. The lowest BCUT2D eigenvalue weighted by atomic mass is 9.89. The van der Waals surface area contributed by atoms with E-state index in [1.165, 1.54) is 27.3 Å². The van der Waals surface area contributed by atoms with E-state index in [1.807, 2.05) is 54.2 Å². The fourth-order valence-electron chi connectivity index (χ4n) is 4.12. The van der Waals surface area contributed by atoms with Crippen molar-refractivity contribution in [1.29, 1.82) is 0 Å². The van der Waals surface area contributed by atoms with Crippen molar-refractivity contribution in [3.05, 3.63) is 141 Å². The molecular weight excluding hydrogens is 665 g/mol. The third-order valence-corrected chi connectivity index (χ3v) is 9.56. The molecule has 0 spiro atoms. The minimum Gasteiger partial charge on any atom is -0.472 e. The number of hydrogen-bond donors (Lipinski definition) is 2. The van der Waals surface area contributed by atoms with Crippen molar-refractivity contribution in [2.24, 2.45) is 0 Å². The van der Waals surface area contributed by atoms with Crippen molar-refractivity contribution in [3.8, 4) is 0 Å². The maximum absolute atomic E-state index is 5.09. The zero-order valence-corrected chi connectivity index (χ0v) is 35.9. The smallest absolute Gasteiger partial charge is 0.106 e. The van der Waals surface area contributed by atoms with Gasteiger partial charge < -0.3 is 18.8 Å². The molecule has 2 N–H and O–H groups in total. The molecule has 0 bridgehead atoms. The van der Waals surface area contributed by atoms with Crippen molar-refractivity contribution in [2.45, 2.75) is 138 Å². The van der Waals surface area contributed by atoms with Crippen molar-refractivity contribution in [1.82, 2.24) is 9.97 Å². The van der Waals surface area contributed by atoms with E-state index in [0.29, 0.717) is 28.6 Å². The average Bonchev–Trinajstić information content (AvgIpc) is 3.89. The lowest BCUT2D eigenvalue weighted by Crippen LogP contribution is -2.08. The first-order valence-electron chi connectivity index (χ1n) is 18.1. The van der Waals surface area contributed by atoms with Gasteiger partial charge in [-0.15, -0.1) is 11.3 Å². The SMILES string of the molecule is CC(C)(C)c1cc[nH]c1.CC(C)(C)c1ccoc1.CC(C)(C)c1ccsc1.CC(C)c1ccc[nH]1.CC(C)c1ccco1.CC(C)c1cccs1. The number of aromatic nitrogens is 2. The quantitative estimate of drug-likeness (QED) is 0.190. The van der Waals surface area contributed by atoms with Crippen molar-refractivity contribution < 1.29 is 8.83 Å². The van der Waals surface area contributed by atoms with Crippen LogP contribution in [0.15, 0.2) is 117 Å². The molecule has 0 aliphatic carbocycles. The van der Waals surface area contributed by atoms with E-state index in [1.54, 1.807) is 30.1 Å². The molecule has 0 amide bonds. The molecule has 0 aliphatic rings. The van der Waals surface area contributed by atoms with Crippen molar-refractivity contribution >= 4 is 22.7 Å². The highest BCUT2D eigenvalue weighted by molar-refractivity contribution is 7.10. The molecule has 0 atom stereocenters. The molecule has 0 unspecified atom stereocenters. The molecule has 6 heteroatoms. The lowest BCUT2D eigenvalue weighted by molar-refractivity contribution is 0.487. The summed E-state index contributed by atoms with van der Waals surface area (Å²) in [6.45, 7) is 32.8. The van der Waals surface area contributed by atoms with Crippen LogP contribution >= 0.6 is 22.7 Å². The Hall–Kier alpha value is -3.48. The van der Waals surface area contributed by atoms with Gasteiger partial charge in [0.1, 0.15) is 5.76 Å². The van der Waals surface area contributed by atoms with Crippen LogP contribution in [0, 0.1) is 0 Å². The van der Waals surface area contributed by atoms with Crippen LogP contribution in [-0.4, -0.2) is 9.97 Å². The molecule has 282 valence electrons. The van der Waals surface area contributed by atoms with Crippen LogP contribution in [0.3, 0.4) is 0 Å². The van der Waals surface area contributed by atoms with Crippen LogP contribution in [-0.2, 0) is 16.2 Å². The number of H-pyrrole nitrogens is 2. The fraction of sp³-hybridized carbons (Fsp3) is 0.467. The molecule has 0 fully saturated rings. The second-order valence-corrected chi connectivity index (χ2v) is 18.3. The summed E-state index contributed by atoms with van der Waals surface area (Å²) < 4.78 is 10.0. The van der Waals surface area contributed by atoms with Crippen LogP contribution in [0.25, 0.3) is 0 Å². The second kappa shape index (κ2) is 22.5. The Balaban J connectivity index is 0.000000306. The Morgan fingerprint density at radius 2 is 1.25 bits per heavy atom. The number of nitrogens with one attached hydrogen (secondary N) is 2. The highest BCUT2D eigenvalue weighted by Crippen LogP contribution is 2.24. The molecule has 51 heavy (non-hydrogen) atoms. The first-order valence-corrected chi connectivity index (χ1v) is 19.9. The Bertz CT molecular complexity index is 1370. The zero-order chi connectivity index (χ0) is 38.7. The van der Waals surface area contributed by atoms with Gasteiger partial charge in [0.25, 0.3) is 0 Å². The summed E-state index contributed by atoms with van der Waals surface area (Å²) in [5.41, 5.74) is 6.22. The fourth-order valence-corrected chi connectivity index (χ4v) is 5.74. The third-order valence-electron chi connectivity index (χ3n) is 7.71. The van der Waals surface area contributed by atoms with Crippen LogP contribution in [0.1, 0.15) is 155 Å². The van der Waals surface area contributed by atoms with Gasteiger partial charge in [-0.3, -0.25) is 0 Å². The van der Waals surface area contributed by atoms with Gasteiger partial charge in [0.15, 0.2) is 0 Å². The van der Waals surface area contributed by atoms with Crippen LogP contribution in [0.4, 0.5) is 0 Å². The molecule has 0 saturated heterocycles. The predicted molar refractivity (Wildman–Crippen MR) is 226 cm³/mol. The van der Waals surface area contributed by atoms with Gasteiger partial charge in [-0.2, -0.15) is 11.3 Å². The van der Waals surface area contributed by atoms with E-state index < -0.39 is 0 Å². The summed E-state index contributed by atoms with van der Waals surface area (Å²) in [4.78, 5) is 7.65. The molecule has 0 aliphatic heterocycles. The Morgan fingerprint density at radius 3 is 1.49 bits per heavy atom. The van der Waals surface area contributed by atoms with Crippen molar-refractivity contribution in [3.63, 3.8) is 0 Å². The summed E-state index contributed by atoms with van der Waals surface area (Å²) in [6, 6.07) is 18.6. The minimum absolute atomic E-state index is 0.229. The summed E-state index contributed by atoms with van der Waals surface area (Å²) in [7, 11) is 0. The van der Waals surface area contributed by atoms with E-state index in [2.05, 4.69) is 160 Å². The summed E-state index contributed by atoms with van der Waals surface area (Å²) in [5, 5.41) is 6.45. The third kappa shape index (κ3) is 19.6. The molecule has 0 aromatic carbocycles. The van der Waals surface area contributed by atoms with Crippen molar-refractivity contribution in [2.75, 3.05) is 0 Å². The molecule has 6 aromatic rings. The largest absolute Gasteiger partial charge is 0.472 e. The van der Waals surface area contributed by atoms with Gasteiger partial charge in [0.05, 0.1) is 18.8 Å². The molecule has 0 radical (unpaired) electrons. The topological polar surface area (TPSA) is 57.9 Å². The van der Waals surface area contributed by atoms with Gasteiger partial charge >= 0.3 is 0 Å². The van der Waals surface area contributed by atoms with Gasteiger partial charge in [-0.1, -0.05) is 110 Å². The normalized spacial score (nSPS) is 11.2. The summed E-state index contributed by atoms with van der Waals surface area (Å²) in [5.74, 6) is 2.91. The van der Waals surface area contributed by atoms with E-state index in [-0.39, 0.29) is 5.41 Å². The molecule has 0 saturated carbocycles.